The number of pyridine rings is 1. The molecule has 1 aliphatic rings. The Balaban J connectivity index is 1.15. The molecule has 0 spiro atoms. The smallest absolute Gasteiger partial charge is 0.101 e. The van der Waals surface area contributed by atoms with Gasteiger partial charge >= 0.3 is 0 Å². The van der Waals surface area contributed by atoms with Gasteiger partial charge in [0.15, 0.2) is 0 Å². The van der Waals surface area contributed by atoms with Gasteiger partial charge in [-0.05, 0) is 74.7 Å². The number of aromatic nitrogens is 2. The summed E-state index contributed by atoms with van der Waals surface area (Å²) in [7, 11) is 0. The van der Waals surface area contributed by atoms with Crippen molar-refractivity contribution in [1.82, 2.24) is 9.61 Å². The predicted octanol–water partition coefficient (Wildman–Crippen LogP) is 17.0. The summed E-state index contributed by atoms with van der Waals surface area (Å²) in [4.78, 5) is 2.52. The van der Waals surface area contributed by atoms with E-state index in [1.54, 1.807) is 0 Å². The van der Waals surface area contributed by atoms with Gasteiger partial charge in [-0.25, -0.2) is 4.52 Å². The number of para-hydroxylation sites is 1. The van der Waals surface area contributed by atoms with Crippen LogP contribution in [0.2, 0.25) is 0 Å². The van der Waals surface area contributed by atoms with Gasteiger partial charge in [-0.2, -0.15) is 5.10 Å². The third kappa shape index (κ3) is 6.47. The summed E-state index contributed by atoms with van der Waals surface area (Å²) in [6, 6.07) is 99.2. The minimum atomic E-state index is -0.561. The molecular weight excluding hydrogens is 835 g/mol. The Kier molecular flexibility index (Phi) is 9.73. The van der Waals surface area contributed by atoms with E-state index in [1.165, 1.54) is 33.4 Å². The molecule has 0 saturated heterocycles. The highest BCUT2D eigenvalue weighted by atomic mass is 15.2. The molecule has 69 heavy (non-hydrogen) atoms. The van der Waals surface area contributed by atoms with Crippen LogP contribution in [0.15, 0.2) is 273 Å². The molecule has 0 N–H and O–H groups in total. The minimum Gasteiger partial charge on any atom is -0.309 e. The Morgan fingerprint density at radius 3 is 1.52 bits per heavy atom. The van der Waals surface area contributed by atoms with Crippen molar-refractivity contribution in [3.63, 3.8) is 0 Å². The molecule has 0 atom stereocenters. The first-order chi connectivity index (χ1) is 34.3. The Labute approximate surface area is 402 Å². The SMILES string of the molecule is c1ccc(-c2ccccc2N(c2ccc3cc(-c4ccccc4)n4nc(-c5ccccc5)c(-c5ccccc5)c4c3c2)c2cccc3c2-c2ccccc2C3(c2ccccc2)c2ccccc2)cc1. The normalized spacial score (nSPS) is 12.5. The molecule has 324 valence electrons. The van der Waals surface area contributed by atoms with Gasteiger partial charge < -0.3 is 4.90 Å². The van der Waals surface area contributed by atoms with Crippen LogP contribution in [0.25, 0.3) is 72.2 Å². The van der Waals surface area contributed by atoms with E-state index in [1.807, 2.05) is 0 Å². The summed E-state index contributed by atoms with van der Waals surface area (Å²) in [6.07, 6.45) is 0. The van der Waals surface area contributed by atoms with Crippen molar-refractivity contribution in [1.29, 1.82) is 0 Å². The van der Waals surface area contributed by atoms with Gasteiger partial charge in [0.25, 0.3) is 0 Å². The number of anilines is 3. The van der Waals surface area contributed by atoms with Gasteiger partial charge in [0.2, 0.25) is 0 Å². The maximum Gasteiger partial charge on any atom is 0.101 e. The van der Waals surface area contributed by atoms with Crippen LogP contribution in [0.4, 0.5) is 17.1 Å². The summed E-state index contributed by atoms with van der Waals surface area (Å²) in [5, 5.41) is 7.82. The second kappa shape index (κ2) is 16.7. The molecule has 12 aromatic rings. The summed E-state index contributed by atoms with van der Waals surface area (Å²) in [5.41, 5.74) is 19.8. The Hall–Kier alpha value is -9.05. The fraction of sp³-hybridized carbons (Fsp3) is 0.0152. The van der Waals surface area contributed by atoms with Crippen molar-refractivity contribution in [2.24, 2.45) is 0 Å². The highest BCUT2D eigenvalue weighted by Crippen LogP contribution is 2.60. The van der Waals surface area contributed by atoms with E-state index < -0.39 is 5.41 Å². The number of hydrogen-bond donors (Lipinski definition) is 0. The van der Waals surface area contributed by atoms with Crippen molar-refractivity contribution >= 4 is 33.4 Å². The molecule has 0 unspecified atom stereocenters. The second-order valence-electron chi connectivity index (χ2n) is 17.8. The third-order valence-corrected chi connectivity index (χ3v) is 14.1. The average Bonchev–Trinajstić information content (AvgIpc) is 3.99. The van der Waals surface area contributed by atoms with E-state index in [9.17, 15) is 0 Å². The standard InChI is InChI=1S/C66H45N3/c1-7-24-46(25-8-1)54-36-20-22-40-59(54)68(60-41-23-39-58-63(60)55-37-19-21-38-57(55)66(58,51-32-15-5-16-33-51)52-34-17-6-18-35-52)53-43-42-50-44-61(47-26-9-2-10-27-47)69-65(56(50)45-53)62(48-28-11-3-12-29-48)64(67-69)49-30-13-4-14-31-49/h1-45H. The largest absolute Gasteiger partial charge is 0.309 e. The number of hydrogen-bond acceptors (Lipinski definition) is 2. The molecule has 3 nitrogen and oxygen atoms in total. The van der Waals surface area contributed by atoms with Gasteiger partial charge in [-0.15, -0.1) is 0 Å². The van der Waals surface area contributed by atoms with Crippen LogP contribution in [-0.2, 0) is 5.41 Å². The van der Waals surface area contributed by atoms with E-state index in [-0.39, 0.29) is 0 Å². The average molecular weight is 880 g/mol. The van der Waals surface area contributed by atoms with Gasteiger partial charge in [-0.3, -0.25) is 0 Å². The zero-order valence-electron chi connectivity index (χ0n) is 37.8. The monoisotopic (exact) mass is 879 g/mol. The molecular formula is C66H45N3. The van der Waals surface area contributed by atoms with Crippen LogP contribution in [0.1, 0.15) is 22.3 Å². The zero-order chi connectivity index (χ0) is 45.7. The van der Waals surface area contributed by atoms with Crippen LogP contribution in [0, 0.1) is 0 Å². The fourth-order valence-electron chi connectivity index (χ4n) is 11.2. The number of nitrogens with zero attached hydrogens (tertiary/aromatic N) is 3. The van der Waals surface area contributed by atoms with E-state index in [0.29, 0.717) is 0 Å². The van der Waals surface area contributed by atoms with Crippen LogP contribution in [0.5, 0.6) is 0 Å². The molecule has 13 rings (SSSR count). The molecule has 3 heteroatoms. The fourth-order valence-corrected chi connectivity index (χ4v) is 11.2. The third-order valence-electron chi connectivity index (χ3n) is 14.1. The lowest BCUT2D eigenvalue weighted by Crippen LogP contribution is -2.28. The van der Waals surface area contributed by atoms with Crippen molar-refractivity contribution in [2.75, 3.05) is 4.90 Å². The van der Waals surface area contributed by atoms with Crippen molar-refractivity contribution < 1.29 is 0 Å². The molecule has 2 heterocycles. The highest BCUT2D eigenvalue weighted by molar-refractivity contribution is 6.11. The molecule has 2 aromatic heterocycles. The van der Waals surface area contributed by atoms with Crippen LogP contribution in [-0.4, -0.2) is 9.61 Å². The summed E-state index contributed by atoms with van der Waals surface area (Å²) < 4.78 is 2.19. The molecule has 1 aliphatic carbocycles. The number of benzene rings is 10. The quantitative estimate of drug-likeness (QED) is 0.144. The van der Waals surface area contributed by atoms with E-state index in [2.05, 4.69) is 282 Å². The van der Waals surface area contributed by atoms with Gasteiger partial charge in [-0.1, -0.05) is 243 Å². The maximum atomic E-state index is 5.58. The van der Waals surface area contributed by atoms with Gasteiger partial charge in [0.05, 0.1) is 28.0 Å². The van der Waals surface area contributed by atoms with Gasteiger partial charge in [0.1, 0.15) is 5.69 Å². The molecule has 0 fully saturated rings. The topological polar surface area (TPSA) is 20.5 Å². The number of rotatable bonds is 9. The predicted molar refractivity (Wildman–Crippen MR) is 286 cm³/mol. The Bertz CT molecular complexity index is 3770. The summed E-state index contributed by atoms with van der Waals surface area (Å²) >= 11 is 0. The van der Waals surface area contributed by atoms with Crippen molar-refractivity contribution in [3.8, 4) is 55.9 Å². The van der Waals surface area contributed by atoms with Crippen LogP contribution < -0.4 is 4.90 Å². The van der Waals surface area contributed by atoms with Crippen molar-refractivity contribution in [3.05, 3.63) is 295 Å². The Morgan fingerprint density at radius 1 is 0.362 bits per heavy atom. The van der Waals surface area contributed by atoms with E-state index in [0.717, 1.165) is 78.1 Å². The Morgan fingerprint density at radius 2 is 0.870 bits per heavy atom. The first kappa shape index (κ1) is 40.2. The van der Waals surface area contributed by atoms with E-state index in [4.69, 9.17) is 5.10 Å². The van der Waals surface area contributed by atoms with E-state index >= 15 is 0 Å². The minimum absolute atomic E-state index is 0.561. The lowest BCUT2D eigenvalue weighted by atomic mass is 9.68. The lowest BCUT2D eigenvalue weighted by Gasteiger charge is -2.34. The second-order valence-corrected chi connectivity index (χ2v) is 17.8. The first-order valence-corrected chi connectivity index (χ1v) is 23.7. The zero-order valence-corrected chi connectivity index (χ0v) is 37.8. The van der Waals surface area contributed by atoms with Crippen molar-refractivity contribution in [2.45, 2.75) is 5.41 Å². The summed E-state index contributed by atoms with van der Waals surface area (Å²) in [6.45, 7) is 0. The maximum absolute atomic E-state index is 5.58. The molecule has 0 bridgehead atoms. The molecule has 0 aliphatic heterocycles. The van der Waals surface area contributed by atoms with Crippen LogP contribution >= 0.6 is 0 Å². The molecule has 10 aromatic carbocycles. The van der Waals surface area contributed by atoms with Crippen LogP contribution in [0.3, 0.4) is 0 Å². The molecule has 0 saturated carbocycles. The first-order valence-electron chi connectivity index (χ1n) is 23.7. The molecule has 0 amide bonds. The summed E-state index contributed by atoms with van der Waals surface area (Å²) in [5.74, 6) is 0. The molecule has 0 radical (unpaired) electrons. The highest BCUT2D eigenvalue weighted by Gasteiger charge is 2.47. The lowest BCUT2D eigenvalue weighted by molar-refractivity contribution is 0.768. The number of fused-ring (bicyclic) bond motifs is 6. The van der Waals surface area contributed by atoms with Gasteiger partial charge in [0, 0.05) is 38.9 Å².